The van der Waals surface area contributed by atoms with Gasteiger partial charge in [0.25, 0.3) is 5.91 Å². The summed E-state index contributed by atoms with van der Waals surface area (Å²) in [6.07, 6.45) is 0.0851. The van der Waals surface area contributed by atoms with Crippen molar-refractivity contribution in [3.8, 4) is 11.5 Å². The maximum Gasteiger partial charge on any atom is 0.326 e. The average molecular weight is 538 g/mol. The molecule has 0 aliphatic rings. The van der Waals surface area contributed by atoms with Crippen molar-refractivity contribution in [2.75, 3.05) is 0 Å². The molecule has 1 amide bonds. The monoisotopic (exact) mass is 537 g/mol. The van der Waals surface area contributed by atoms with Gasteiger partial charge in [0.1, 0.15) is 19.3 Å². The summed E-state index contributed by atoms with van der Waals surface area (Å²) in [5.41, 5.74) is 4.17. The molecule has 4 aromatic carbocycles. The van der Waals surface area contributed by atoms with Crippen molar-refractivity contribution in [3.63, 3.8) is 0 Å². The fourth-order valence-corrected chi connectivity index (χ4v) is 4.18. The van der Waals surface area contributed by atoms with Crippen LogP contribution in [0.5, 0.6) is 11.5 Å². The summed E-state index contributed by atoms with van der Waals surface area (Å²) in [4.78, 5) is 25.0. The van der Waals surface area contributed by atoms with Crippen LogP contribution < -0.4 is 14.8 Å². The number of amides is 1. The smallest absolute Gasteiger partial charge is 0.326 e. The van der Waals surface area contributed by atoms with Gasteiger partial charge in [-0.2, -0.15) is 0 Å². The van der Waals surface area contributed by atoms with Crippen molar-refractivity contribution in [2.24, 2.45) is 0 Å². The molecule has 1 atom stereocenters. The minimum atomic E-state index is -1.12. The Kier molecular flexibility index (Phi) is 9.23. The van der Waals surface area contributed by atoms with Crippen LogP contribution in [0, 0.1) is 0 Å². The van der Waals surface area contributed by atoms with Gasteiger partial charge in [0.2, 0.25) is 0 Å². The molecular weight excluding hydrogens is 502 g/mol. The number of benzene rings is 4. The molecule has 0 heterocycles. The van der Waals surface area contributed by atoms with E-state index in [0.29, 0.717) is 35.8 Å². The Morgan fingerprint density at radius 1 is 0.725 bits per heavy atom. The molecule has 206 valence electrons. The van der Waals surface area contributed by atoms with Crippen molar-refractivity contribution < 1.29 is 24.2 Å². The van der Waals surface area contributed by atoms with E-state index in [1.807, 2.05) is 72.8 Å². The van der Waals surface area contributed by atoms with Gasteiger partial charge in [0, 0.05) is 12.0 Å². The first kappa shape index (κ1) is 28.4. The Labute approximate surface area is 235 Å². The summed E-state index contributed by atoms with van der Waals surface area (Å²) in [6, 6.07) is 31.1. The summed E-state index contributed by atoms with van der Waals surface area (Å²) < 4.78 is 12.2. The third kappa shape index (κ3) is 7.96. The predicted octanol–water partition coefficient (Wildman–Crippen LogP) is 6.57. The van der Waals surface area contributed by atoms with E-state index in [9.17, 15) is 14.7 Å². The van der Waals surface area contributed by atoms with E-state index in [1.54, 1.807) is 30.3 Å². The van der Waals surface area contributed by atoms with Gasteiger partial charge < -0.3 is 19.9 Å². The summed E-state index contributed by atoms with van der Waals surface area (Å²) >= 11 is 0. The maximum atomic E-state index is 12.9. The molecule has 0 aliphatic carbocycles. The van der Waals surface area contributed by atoms with Crippen molar-refractivity contribution in [1.29, 1.82) is 0 Å². The first-order valence-corrected chi connectivity index (χ1v) is 13.3. The first-order chi connectivity index (χ1) is 19.2. The fraction of sp³-hybridized carbons (Fsp3) is 0.235. The molecule has 4 aromatic rings. The number of ether oxygens (including phenoxy) is 2. The third-order valence-electron chi connectivity index (χ3n) is 6.54. The van der Waals surface area contributed by atoms with E-state index >= 15 is 0 Å². The van der Waals surface area contributed by atoms with Crippen molar-refractivity contribution in [2.45, 2.75) is 51.9 Å². The number of rotatable bonds is 11. The molecule has 0 aromatic heterocycles. The highest BCUT2D eigenvalue weighted by Gasteiger charge is 2.23. The van der Waals surface area contributed by atoms with Crippen LogP contribution in [0.2, 0.25) is 0 Å². The Balaban J connectivity index is 1.50. The standard InChI is InChI=1S/C34H35NO5/c1-34(2,3)28-17-15-27(16-18-28)32(36)35-29(33(37)38)20-26-14-19-30(39-22-24-10-6-4-7-11-24)31(21-26)40-23-25-12-8-5-9-13-25/h4-19,21,29H,20,22-23H2,1-3H3,(H,35,36)(H,37,38)/t29-/m0/s1. The van der Waals surface area contributed by atoms with Gasteiger partial charge in [-0.05, 0) is 51.9 Å². The molecule has 0 spiro atoms. The molecular formula is C34H35NO5. The van der Waals surface area contributed by atoms with Crippen LogP contribution in [0.15, 0.2) is 103 Å². The second-order valence-electron chi connectivity index (χ2n) is 10.7. The molecule has 0 unspecified atom stereocenters. The number of carboxylic acid groups (broad SMARTS) is 1. The van der Waals surface area contributed by atoms with Crippen LogP contribution in [-0.4, -0.2) is 23.0 Å². The van der Waals surface area contributed by atoms with Gasteiger partial charge in [-0.25, -0.2) is 4.79 Å². The van der Waals surface area contributed by atoms with Crippen LogP contribution in [0.1, 0.15) is 53.4 Å². The molecule has 0 aliphatic heterocycles. The first-order valence-electron chi connectivity index (χ1n) is 13.3. The molecule has 0 fully saturated rings. The van der Waals surface area contributed by atoms with Crippen LogP contribution in [0.25, 0.3) is 0 Å². The number of carbonyl (C=O) groups is 2. The topological polar surface area (TPSA) is 84.9 Å². The Bertz CT molecular complexity index is 1410. The molecule has 0 saturated carbocycles. The maximum absolute atomic E-state index is 12.9. The van der Waals surface area contributed by atoms with E-state index in [-0.39, 0.29) is 11.8 Å². The predicted molar refractivity (Wildman–Crippen MR) is 156 cm³/mol. The molecule has 2 N–H and O–H groups in total. The lowest BCUT2D eigenvalue weighted by molar-refractivity contribution is -0.139. The lowest BCUT2D eigenvalue weighted by Crippen LogP contribution is -2.42. The zero-order chi connectivity index (χ0) is 28.5. The van der Waals surface area contributed by atoms with E-state index in [0.717, 1.165) is 16.7 Å². The number of nitrogens with one attached hydrogen (secondary N) is 1. The molecule has 40 heavy (non-hydrogen) atoms. The SMILES string of the molecule is CC(C)(C)c1ccc(C(=O)N[C@@H](Cc2ccc(OCc3ccccc3)c(OCc3ccccc3)c2)C(=O)O)cc1. The lowest BCUT2D eigenvalue weighted by atomic mass is 9.86. The number of carboxylic acids is 1. The van der Waals surface area contributed by atoms with Gasteiger partial charge in [-0.15, -0.1) is 0 Å². The van der Waals surface area contributed by atoms with Crippen LogP contribution >= 0.6 is 0 Å². The summed E-state index contributed by atoms with van der Waals surface area (Å²) in [5, 5.41) is 12.6. The van der Waals surface area contributed by atoms with Gasteiger partial charge in [-0.3, -0.25) is 4.79 Å². The normalized spacial score (nSPS) is 11.9. The highest BCUT2D eigenvalue weighted by molar-refractivity contribution is 5.96. The van der Waals surface area contributed by atoms with Gasteiger partial charge in [0.05, 0.1) is 0 Å². The van der Waals surface area contributed by atoms with Crippen molar-refractivity contribution in [3.05, 3.63) is 131 Å². The largest absolute Gasteiger partial charge is 0.485 e. The molecule has 0 bridgehead atoms. The molecule has 4 rings (SSSR count). The zero-order valence-corrected chi connectivity index (χ0v) is 23.1. The second kappa shape index (κ2) is 13.0. The van der Waals surface area contributed by atoms with Gasteiger partial charge >= 0.3 is 5.97 Å². The molecule has 0 saturated heterocycles. The highest BCUT2D eigenvalue weighted by Crippen LogP contribution is 2.31. The summed E-state index contributed by atoms with van der Waals surface area (Å²) in [7, 11) is 0. The van der Waals surface area contributed by atoms with E-state index < -0.39 is 17.9 Å². The minimum Gasteiger partial charge on any atom is -0.485 e. The zero-order valence-electron chi connectivity index (χ0n) is 23.1. The third-order valence-corrected chi connectivity index (χ3v) is 6.54. The fourth-order valence-electron chi connectivity index (χ4n) is 4.18. The number of hydrogen-bond acceptors (Lipinski definition) is 4. The quantitative estimate of drug-likeness (QED) is 0.226. The Hall–Kier alpha value is -4.58. The lowest BCUT2D eigenvalue weighted by Gasteiger charge is -2.20. The highest BCUT2D eigenvalue weighted by atomic mass is 16.5. The van der Waals surface area contributed by atoms with Crippen molar-refractivity contribution >= 4 is 11.9 Å². The second-order valence-corrected chi connectivity index (χ2v) is 10.7. The molecule has 6 nitrogen and oxygen atoms in total. The summed E-state index contributed by atoms with van der Waals surface area (Å²) in [5.74, 6) is -0.490. The van der Waals surface area contributed by atoms with Crippen LogP contribution in [0.4, 0.5) is 0 Å². The van der Waals surface area contributed by atoms with E-state index in [4.69, 9.17) is 9.47 Å². The van der Waals surface area contributed by atoms with E-state index in [1.165, 1.54) is 0 Å². The average Bonchev–Trinajstić information content (AvgIpc) is 2.95. The molecule has 6 heteroatoms. The molecule has 0 radical (unpaired) electrons. The number of carbonyl (C=O) groups excluding carboxylic acids is 1. The summed E-state index contributed by atoms with van der Waals surface area (Å²) in [6.45, 7) is 6.98. The Morgan fingerprint density at radius 2 is 1.27 bits per heavy atom. The van der Waals surface area contributed by atoms with Crippen molar-refractivity contribution in [1.82, 2.24) is 5.32 Å². The van der Waals surface area contributed by atoms with Gasteiger partial charge in [0.15, 0.2) is 11.5 Å². The minimum absolute atomic E-state index is 0.0458. The number of aliphatic carboxylic acids is 1. The van der Waals surface area contributed by atoms with Crippen LogP contribution in [-0.2, 0) is 29.8 Å². The van der Waals surface area contributed by atoms with Crippen LogP contribution in [0.3, 0.4) is 0 Å². The Morgan fingerprint density at radius 3 is 1.80 bits per heavy atom. The van der Waals surface area contributed by atoms with E-state index in [2.05, 4.69) is 26.1 Å². The number of hydrogen-bond donors (Lipinski definition) is 2. The van der Waals surface area contributed by atoms with Gasteiger partial charge in [-0.1, -0.05) is 99.6 Å².